The Morgan fingerprint density at radius 2 is 1.92 bits per heavy atom. The van der Waals surface area contributed by atoms with Gasteiger partial charge in [0.1, 0.15) is 0 Å². The molecule has 2 heterocycles. The summed E-state index contributed by atoms with van der Waals surface area (Å²) in [7, 11) is 0. The van der Waals surface area contributed by atoms with E-state index in [-0.39, 0.29) is 5.91 Å². The molecule has 0 aliphatic rings. The monoisotopic (exact) mass is 336 g/mol. The first-order chi connectivity index (χ1) is 12.0. The minimum Gasteiger partial charge on any atom is -0.463 e. The fraction of sp³-hybridized carbons (Fsp3) is 0.211. The number of nitrogens with zero attached hydrogens (tertiary/aromatic N) is 3. The number of hydrogen-bond donors (Lipinski definition) is 1. The normalized spacial score (nSPS) is 11.8. The Balaban J connectivity index is 1.71. The first-order valence-corrected chi connectivity index (χ1v) is 8.05. The van der Waals surface area contributed by atoms with Crippen LogP contribution in [0.1, 0.15) is 18.2 Å². The average Bonchev–Trinajstić information content (AvgIpc) is 2.98. The Kier molecular flexibility index (Phi) is 4.79. The van der Waals surface area contributed by atoms with Crippen molar-refractivity contribution in [2.75, 3.05) is 5.32 Å². The molecule has 1 atom stereocenters. The SMILES string of the molecule is Cc1cn(-c2ccccc2)nc1O[C@@H](C)C(=O)Nc1cccnc1C. The van der Waals surface area contributed by atoms with Gasteiger partial charge in [0.15, 0.2) is 6.10 Å². The lowest BCUT2D eigenvalue weighted by atomic mass is 10.3. The Morgan fingerprint density at radius 1 is 1.16 bits per heavy atom. The number of hydrogen-bond acceptors (Lipinski definition) is 4. The zero-order valence-electron chi connectivity index (χ0n) is 14.4. The second-order valence-electron chi connectivity index (χ2n) is 5.78. The lowest BCUT2D eigenvalue weighted by Crippen LogP contribution is -2.30. The number of amides is 1. The van der Waals surface area contributed by atoms with Gasteiger partial charge in [-0.3, -0.25) is 9.78 Å². The lowest BCUT2D eigenvalue weighted by Gasteiger charge is -2.14. The van der Waals surface area contributed by atoms with Crippen molar-refractivity contribution < 1.29 is 9.53 Å². The molecular weight excluding hydrogens is 316 g/mol. The number of para-hydroxylation sites is 1. The maximum absolute atomic E-state index is 12.4. The van der Waals surface area contributed by atoms with Gasteiger partial charge >= 0.3 is 0 Å². The minimum absolute atomic E-state index is 0.246. The van der Waals surface area contributed by atoms with Crippen molar-refractivity contribution in [3.8, 4) is 11.6 Å². The zero-order valence-corrected chi connectivity index (χ0v) is 14.4. The van der Waals surface area contributed by atoms with E-state index < -0.39 is 6.10 Å². The number of carbonyl (C=O) groups is 1. The van der Waals surface area contributed by atoms with E-state index in [1.807, 2.05) is 56.4 Å². The van der Waals surface area contributed by atoms with Crippen molar-refractivity contribution in [3.05, 3.63) is 66.1 Å². The quantitative estimate of drug-likeness (QED) is 0.776. The third-order valence-corrected chi connectivity index (χ3v) is 3.80. The predicted octanol–water partition coefficient (Wildman–Crippen LogP) is 3.29. The Labute approximate surface area is 146 Å². The molecule has 6 nitrogen and oxygen atoms in total. The third kappa shape index (κ3) is 3.85. The summed E-state index contributed by atoms with van der Waals surface area (Å²) in [5.74, 6) is 0.194. The van der Waals surface area contributed by atoms with Crippen LogP contribution in [-0.2, 0) is 4.79 Å². The standard InChI is InChI=1S/C19H20N4O2/c1-13-12-23(16-8-5-4-6-9-16)22-19(13)25-15(3)18(24)21-17-10-7-11-20-14(17)2/h4-12,15H,1-3H3,(H,21,24)/t15-/m0/s1. The first-order valence-electron chi connectivity index (χ1n) is 8.05. The van der Waals surface area contributed by atoms with E-state index in [2.05, 4.69) is 15.4 Å². The molecule has 1 amide bonds. The molecule has 0 bridgehead atoms. The van der Waals surface area contributed by atoms with Gasteiger partial charge in [-0.2, -0.15) is 0 Å². The molecule has 1 aromatic carbocycles. The van der Waals surface area contributed by atoms with E-state index in [4.69, 9.17) is 4.74 Å². The van der Waals surface area contributed by atoms with Crippen LogP contribution >= 0.6 is 0 Å². The van der Waals surface area contributed by atoms with Crippen LogP contribution in [0.4, 0.5) is 5.69 Å². The Hall–Kier alpha value is -3.15. The summed E-state index contributed by atoms with van der Waals surface area (Å²) in [6.07, 6.45) is 2.88. The van der Waals surface area contributed by atoms with Crippen molar-refractivity contribution in [2.24, 2.45) is 0 Å². The molecule has 6 heteroatoms. The molecule has 0 spiro atoms. The van der Waals surface area contributed by atoms with Crippen LogP contribution in [0.3, 0.4) is 0 Å². The molecule has 25 heavy (non-hydrogen) atoms. The van der Waals surface area contributed by atoms with E-state index in [0.717, 1.165) is 16.9 Å². The van der Waals surface area contributed by atoms with E-state index in [9.17, 15) is 4.79 Å². The molecule has 1 N–H and O–H groups in total. The number of rotatable bonds is 5. The van der Waals surface area contributed by atoms with Crippen LogP contribution in [0.25, 0.3) is 5.69 Å². The van der Waals surface area contributed by atoms with Crippen molar-refractivity contribution >= 4 is 11.6 Å². The van der Waals surface area contributed by atoms with Gasteiger partial charge in [-0.15, -0.1) is 5.10 Å². The van der Waals surface area contributed by atoms with Crippen molar-refractivity contribution in [1.82, 2.24) is 14.8 Å². The highest BCUT2D eigenvalue weighted by Crippen LogP contribution is 2.19. The second-order valence-corrected chi connectivity index (χ2v) is 5.78. The van der Waals surface area contributed by atoms with Gasteiger partial charge in [-0.1, -0.05) is 18.2 Å². The van der Waals surface area contributed by atoms with Crippen molar-refractivity contribution in [1.29, 1.82) is 0 Å². The van der Waals surface area contributed by atoms with Crippen LogP contribution in [0.15, 0.2) is 54.9 Å². The number of benzene rings is 1. The summed E-state index contributed by atoms with van der Waals surface area (Å²) in [4.78, 5) is 16.5. The Bertz CT molecular complexity index is 874. The molecule has 2 aromatic heterocycles. The van der Waals surface area contributed by atoms with E-state index >= 15 is 0 Å². The number of anilines is 1. The van der Waals surface area contributed by atoms with Gasteiger partial charge in [-0.05, 0) is 45.0 Å². The maximum atomic E-state index is 12.4. The third-order valence-electron chi connectivity index (χ3n) is 3.80. The number of aromatic nitrogens is 3. The predicted molar refractivity (Wildman–Crippen MR) is 96.0 cm³/mol. The van der Waals surface area contributed by atoms with Crippen LogP contribution in [0.5, 0.6) is 5.88 Å². The smallest absolute Gasteiger partial charge is 0.265 e. The topological polar surface area (TPSA) is 69.0 Å². The van der Waals surface area contributed by atoms with Crippen LogP contribution in [0, 0.1) is 13.8 Å². The molecule has 0 radical (unpaired) electrons. The molecule has 3 rings (SSSR count). The van der Waals surface area contributed by atoms with E-state index in [1.54, 1.807) is 23.9 Å². The second kappa shape index (κ2) is 7.17. The summed E-state index contributed by atoms with van der Waals surface area (Å²) in [5, 5.41) is 7.26. The largest absolute Gasteiger partial charge is 0.463 e. The zero-order chi connectivity index (χ0) is 17.8. The highest BCUT2D eigenvalue weighted by atomic mass is 16.5. The number of aryl methyl sites for hydroxylation is 2. The van der Waals surface area contributed by atoms with Gasteiger partial charge in [0, 0.05) is 18.0 Å². The number of nitrogens with one attached hydrogen (secondary N) is 1. The Morgan fingerprint density at radius 3 is 2.64 bits per heavy atom. The fourth-order valence-electron chi connectivity index (χ4n) is 2.35. The minimum atomic E-state index is -0.683. The molecule has 128 valence electrons. The molecule has 0 unspecified atom stereocenters. The van der Waals surface area contributed by atoms with Gasteiger partial charge in [0.25, 0.3) is 5.91 Å². The molecule has 0 aliphatic carbocycles. The highest BCUT2D eigenvalue weighted by Gasteiger charge is 2.19. The summed E-state index contributed by atoms with van der Waals surface area (Å²) >= 11 is 0. The van der Waals surface area contributed by atoms with Crippen molar-refractivity contribution in [3.63, 3.8) is 0 Å². The molecule has 0 fully saturated rings. The fourth-order valence-corrected chi connectivity index (χ4v) is 2.35. The van der Waals surface area contributed by atoms with Gasteiger partial charge in [-0.25, -0.2) is 4.68 Å². The summed E-state index contributed by atoms with van der Waals surface area (Å²) in [6.45, 7) is 5.44. The lowest BCUT2D eigenvalue weighted by molar-refractivity contribution is -0.122. The van der Waals surface area contributed by atoms with Crippen LogP contribution < -0.4 is 10.1 Å². The van der Waals surface area contributed by atoms with E-state index in [0.29, 0.717) is 11.6 Å². The summed E-state index contributed by atoms with van der Waals surface area (Å²) in [5.41, 5.74) is 3.23. The first kappa shape index (κ1) is 16.7. The molecule has 0 saturated heterocycles. The highest BCUT2D eigenvalue weighted by molar-refractivity contribution is 5.94. The summed E-state index contributed by atoms with van der Waals surface area (Å²) < 4.78 is 7.49. The number of ether oxygens (including phenoxy) is 1. The van der Waals surface area contributed by atoms with Gasteiger partial charge in [0.2, 0.25) is 5.88 Å². The van der Waals surface area contributed by atoms with Gasteiger partial charge in [0.05, 0.1) is 17.1 Å². The van der Waals surface area contributed by atoms with Gasteiger partial charge < -0.3 is 10.1 Å². The molecule has 0 saturated carbocycles. The molecular formula is C19H20N4O2. The number of carbonyl (C=O) groups excluding carboxylic acids is 1. The van der Waals surface area contributed by atoms with E-state index in [1.165, 1.54) is 0 Å². The van der Waals surface area contributed by atoms with Crippen LogP contribution in [0.2, 0.25) is 0 Å². The van der Waals surface area contributed by atoms with Crippen LogP contribution in [-0.4, -0.2) is 26.8 Å². The average molecular weight is 336 g/mol. The summed E-state index contributed by atoms with van der Waals surface area (Å²) in [6, 6.07) is 13.3. The molecule has 0 aliphatic heterocycles. The molecule has 3 aromatic rings. The van der Waals surface area contributed by atoms with Crippen molar-refractivity contribution in [2.45, 2.75) is 26.9 Å². The number of pyridine rings is 1. The maximum Gasteiger partial charge on any atom is 0.265 e.